The maximum Gasteiger partial charge on any atom is 0.234 e. The van der Waals surface area contributed by atoms with Crippen molar-refractivity contribution in [2.24, 2.45) is 0 Å². The van der Waals surface area contributed by atoms with Gasteiger partial charge in [0.2, 0.25) is 11.8 Å². The topological polar surface area (TPSA) is 58.2 Å². The molecule has 0 radical (unpaired) electrons. The first kappa shape index (κ1) is 18.1. The highest BCUT2D eigenvalue weighted by Gasteiger charge is 2.06. The van der Waals surface area contributed by atoms with Crippen LogP contribution in [0, 0.1) is 13.8 Å². The van der Waals surface area contributed by atoms with Crippen LogP contribution in [0.25, 0.3) is 0 Å². The molecule has 2 N–H and O–H groups in total. The van der Waals surface area contributed by atoms with E-state index < -0.39 is 0 Å². The number of anilines is 1. The van der Waals surface area contributed by atoms with Gasteiger partial charge in [-0.3, -0.25) is 9.59 Å². The van der Waals surface area contributed by atoms with Gasteiger partial charge in [-0.15, -0.1) is 11.8 Å². The molecule has 2 rings (SSSR count). The molecule has 5 heteroatoms. The summed E-state index contributed by atoms with van der Waals surface area (Å²) < 4.78 is 0. The van der Waals surface area contributed by atoms with Crippen molar-refractivity contribution in [2.75, 3.05) is 16.8 Å². The summed E-state index contributed by atoms with van der Waals surface area (Å²) >= 11 is 1.31. The van der Waals surface area contributed by atoms with Crippen molar-refractivity contribution in [1.82, 2.24) is 5.32 Å². The summed E-state index contributed by atoms with van der Waals surface area (Å²) in [5.41, 5.74) is 4.14. The highest BCUT2D eigenvalue weighted by Crippen LogP contribution is 2.10. The number of thioether (sulfide) groups is 1. The Labute approximate surface area is 147 Å². The molecule has 24 heavy (non-hydrogen) atoms. The predicted octanol–water partition coefficient (Wildman–Crippen LogP) is 3.29. The maximum atomic E-state index is 11.9. The van der Waals surface area contributed by atoms with Gasteiger partial charge < -0.3 is 10.6 Å². The number of hydrogen-bond donors (Lipinski definition) is 2. The van der Waals surface area contributed by atoms with Gasteiger partial charge in [-0.1, -0.05) is 42.0 Å². The molecule has 0 aliphatic heterocycles. The number of rotatable bonds is 7. The first-order valence-electron chi connectivity index (χ1n) is 7.79. The van der Waals surface area contributed by atoms with Crippen LogP contribution in [0.5, 0.6) is 0 Å². The predicted molar refractivity (Wildman–Crippen MR) is 100 cm³/mol. The molecule has 0 atom stereocenters. The molecule has 2 aromatic rings. The molecule has 2 aromatic carbocycles. The minimum Gasteiger partial charge on any atom is -0.351 e. The van der Waals surface area contributed by atoms with Crippen LogP contribution in [0.3, 0.4) is 0 Å². The number of carbonyl (C=O) groups is 2. The maximum absolute atomic E-state index is 11.9. The highest BCUT2D eigenvalue weighted by molar-refractivity contribution is 8.00. The van der Waals surface area contributed by atoms with Crippen molar-refractivity contribution >= 4 is 29.3 Å². The molecule has 126 valence electrons. The lowest BCUT2D eigenvalue weighted by Crippen LogP contribution is -2.25. The summed E-state index contributed by atoms with van der Waals surface area (Å²) in [5.74, 6) is 0.361. The number of hydrogen-bond acceptors (Lipinski definition) is 3. The van der Waals surface area contributed by atoms with Crippen LogP contribution < -0.4 is 10.6 Å². The first-order valence-corrected chi connectivity index (χ1v) is 8.95. The summed E-state index contributed by atoms with van der Waals surface area (Å²) in [6.07, 6.45) is 0. The van der Waals surface area contributed by atoms with Gasteiger partial charge in [0.15, 0.2) is 0 Å². The summed E-state index contributed by atoms with van der Waals surface area (Å²) in [7, 11) is 0. The Morgan fingerprint density at radius 3 is 2.33 bits per heavy atom. The lowest BCUT2D eigenvalue weighted by molar-refractivity contribution is -0.118. The van der Waals surface area contributed by atoms with Crippen LogP contribution >= 0.6 is 11.8 Å². The molecular formula is C19H22N2O2S. The first-order chi connectivity index (χ1) is 11.5. The minimum absolute atomic E-state index is 0.0658. The van der Waals surface area contributed by atoms with E-state index in [4.69, 9.17) is 0 Å². The van der Waals surface area contributed by atoms with Gasteiger partial charge in [-0.25, -0.2) is 0 Å². The van der Waals surface area contributed by atoms with E-state index in [9.17, 15) is 9.59 Å². The zero-order valence-corrected chi connectivity index (χ0v) is 14.8. The average molecular weight is 342 g/mol. The van der Waals surface area contributed by atoms with Crippen LogP contribution in [0.15, 0.2) is 48.5 Å². The van der Waals surface area contributed by atoms with Gasteiger partial charge in [-0.2, -0.15) is 0 Å². The second-order valence-corrected chi connectivity index (χ2v) is 6.66. The Morgan fingerprint density at radius 2 is 1.62 bits per heavy atom. The van der Waals surface area contributed by atoms with Crippen molar-refractivity contribution < 1.29 is 9.59 Å². The van der Waals surface area contributed by atoms with Crippen molar-refractivity contribution in [2.45, 2.75) is 20.4 Å². The SMILES string of the molecule is Cc1ccc(CNC(=O)CSCC(=O)Nc2cccc(C)c2)cc1. The summed E-state index contributed by atoms with van der Waals surface area (Å²) in [6, 6.07) is 15.7. The third-order valence-electron chi connectivity index (χ3n) is 3.38. The Bertz CT molecular complexity index is 699. The van der Waals surface area contributed by atoms with E-state index in [1.807, 2.05) is 62.4 Å². The van der Waals surface area contributed by atoms with Crippen molar-refractivity contribution in [3.63, 3.8) is 0 Å². The zero-order chi connectivity index (χ0) is 17.4. The lowest BCUT2D eigenvalue weighted by atomic mass is 10.1. The number of aryl methyl sites for hydroxylation is 2. The largest absolute Gasteiger partial charge is 0.351 e. The van der Waals surface area contributed by atoms with Crippen LogP contribution in [-0.4, -0.2) is 23.3 Å². The van der Waals surface area contributed by atoms with Crippen molar-refractivity contribution in [3.05, 3.63) is 65.2 Å². The molecule has 0 bridgehead atoms. The molecule has 0 saturated heterocycles. The van der Waals surface area contributed by atoms with Crippen molar-refractivity contribution in [3.8, 4) is 0 Å². The molecule has 0 heterocycles. The van der Waals surface area contributed by atoms with E-state index in [2.05, 4.69) is 10.6 Å². The quantitative estimate of drug-likeness (QED) is 0.812. The monoisotopic (exact) mass is 342 g/mol. The molecule has 0 aliphatic carbocycles. The second-order valence-electron chi connectivity index (χ2n) is 5.67. The van der Waals surface area contributed by atoms with Crippen LogP contribution in [0.2, 0.25) is 0 Å². The van der Waals surface area contributed by atoms with Gasteiger partial charge in [0.05, 0.1) is 11.5 Å². The Balaban J connectivity index is 1.65. The average Bonchev–Trinajstić information content (AvgIpc) is 2.54. The van der Waals surface area contributed by atoms with Gasteiger partial charge in [-0.05, 0) is 37.1 Å². The number of carbonyl (C=O) groups excluding carboxylic acids is 2. The lowest BCUT2D eigenvalue weighted by Gasteiger charge is -2.07. The molecule has 2 amide bonds. The molecule has 4 nitrogen and oxygen atoms in total. The number of benzene rings is 2. The van der Waals surface area contributed by atoms with Crippen LogP contribution in [0.4, 0.5) is 5.69 Å². The number of nitrogens with one attached hydrogen (secondary N) is 2. The summed E-state index contributed by atoms with van der Waals surface area (Å²) in [6.45, 7) is 4.51. The van der Waals surface area contributed by atoms with Crippen molar-refractivity contribution in [1.29, 1.82) is 0 Å². The Morgan fingerprint density at radius 1 is 0.917 bits per heavy atom. The standard InChI is InChI=1S/C19H22N2O2S/c1-14-6-8-16(9-7-14)11-20-18(22)12-24-13-19(23)21-17-5-3-4-15(2)10-17/h3-10H,11-13H2,1-2H3,(H,20,22)(H,21,23). The normalized spacial score (nSPS) is 10.2. The van der Waals surface area contributed by atoms with E-state index in [1.165, 1.54) is 17.3 Å². The fourth-order valence-corrected chi connectivity index (χ4v) is 2.76. The third-order valence-corrected chi connectivity index (χ3v) is 4.31. The number of amides is 2. The second kappa shape index (κ2) is 9.13. The summed E-state index contributed by atoms with van der Waals surface area (Å²) in [5, 5.41) is 5.69. The van der Waals surface area contributed by atoms with Gasteiger partial charge >= 0.3 is 0 Å². The molecule has 0 aliphatic rings. The van der Waals surface area contributed by atoms with Crippen LogP contribution in [0.1, 0.15) is 16.7 Å². The van der Waals surface area contributed by atoms with Gasteiger partial charge in [0, 0.05) is 12.2 Å². The zero-order valence-electron chi connectivity index (χ0n) is 14.0. The van der Waals surface area contributed by atoms with E-state index in [-0.39, 0.29) is 23.3 Å². The van der Waals surface area contributed by atoms with Gasteiger partial charge in [0.25, 0.3) is 0 Å². The van der Waals surface area contributed by atoms with Crippen LogP contribution in [-0.2, 0) is 16.1 Å². The van der Waals surface area contributed by atoms with Gasteiger partial charge in [0.1, 0.15) is 0 Å². The molecule has 0 aromatic heterocycles. The Hall–Kier alpha value is -2.27. The van der Waals surface area contributed by atoms with E-state index in [1.54, 1.807) is 0 Å². The molecule has 0 saturated carbocycles. The highest BCUT2D eigenvalue weighted by atomic mass is 32.2. The molecule has 0 fully saturated rings. The third kappa shape index (κ3) is 6.46. The smallest absolute Gasteiger partial charge is 0.234 e. The fourth-order valence-electron chi connectivity index (χ4n) is 2.11. The van der Waals surface area contributed by atoms with E-state index in [0.29, 0.717) is 6.54 Å². The Kier molecular flexibility index (Phi) is 6.88. The molecule has 0 spiro atoms. The summed E-state index contributed by atoms with van der Waals surface area (Å²) in [4.78, 5) is 23.7. The fraction of sp³-hybridized carbons (Fsp3) is 0.263. The van der Waals surface area contributed by atoms with E-state index in [0.717, 1.165) is 16.8 Å². The molecule has 0 unspecified atom stereocenters. The minimum atomic E-state index is -0.100. The van der Waals surface area contributed by atoms with E-state index >= 15 is 0 Å². The molecular weight excluding hydrogens is 320 g/mol.